The second-order valence-electron chi connectivity index (χ2n) is 5.96. The average molecular weight is 323 g/mol. The Labute approximate surface area is 141 Å². The number of rotatable bonds is 5. The van der Waals surface area contributed by atoms with E-state index in [1.807, 2.05) is 42.9 Å². The van der Waals surface area contributed by atoms with Crippen LogP contribution in [0, 0.1) is 20.8 Å². The van der Waals surface area contributed by atoms with Crippen LogP contribution in [0.2, 0.25) is 0 Å². The van der Waals surface area contributed by atoms with Crippen molar-refractivity contribution in [2.75, 3.05) is 5.32 Å². The first-order valence-corrected chi connectivity index (χ1v) is 7.90. The van der Waals surface area contributed by atoms with Crippen LogP contribution in [-0.2, 0) is 17.9 Å². The lowest BCUT2D eigenvalue weighted by Gasteiger charge is -2.06. The monoisotopic (exact) mass is 323 g/mol. The van der Waals surface area contributed by atoms with E-state index in [-0.39, 0.29) is 12.5 Å². The van der Waals surface area contributed by atoms with E-state index in [9.17, 15) is 4.79 Å². The minimum Gasteiger partial charge on any atom is -0.308 e. The maximum atomic E-state index is 12.1. The number of hydrogen-bond acceptors (Lipinski definition) is 3. The predicted molar refractivity (Wildman–Crippen MR) is 92.8 cm³/mol. The number of hydrogen-bond donors (Lipinski definition) is 1. The topological polar surface area (TPSA) is 64.7 Å². The van der Waals surface area contributed by atoms with Gasteiger partial charge in [0.1, 0.15) is 6.54 Å². The Morgan fingerprint density at radius 2 is 1.92 bits per heavy atom. The molecule has 2 aromatic heterocycles. The summed E-state index contributed by atoms with van der Waals surface area (Å²) in [6.07, 6.45) is 1.87. The molecule has 3 rings (SSSR count). The zero-order valence-electron chi connectivity index (χ0n) is 14.2. The highest BCUT2D eigenvalue weighted by Gasteiger charge is 2.09. The molecule has 24 heavy (non-hydrogen) atoms. The van der Waals surface area contributed by atoms with Crippen molar-refractivity contribution < 1.29 is 4.79 Å². The van der Waals surface area contributed by atoms with Crippen LogP contribution in [0.3, 0.4) is 0 Å². The molecule has 1 aromatic carbocycles. The molecule has 1 amide bonds. The van der Waals surface area contributed by atoms with Crippen LogP contribution < -0.4 is 5.32 Å². The zero-order valence-corrected chi connectivity index (χ0v) is 14.2. The summed E-state index contributed by atoms with van der Waals surface area (Å²) < 4.78 is 3.51. The number of anilines is 1. The lowest BCUT2D eigenvalue weighted by molar-refractivity contribution is -0.117. The molecule has 0 atom stereocenters. The Bertz CT molecular complexity index is 862. The van der Waals surface area contributed by atoms with Crippen LogP contribution in [0.15, 0.2) is 42.6 Å². The summed E-state index contributed by atoms with van der Waals surface area (Å²) in [6.45, 7) is 6.79. The van der Waals surface area contributed by atoms with Crippen molar-refractivity contribution in [2.45, 2.75) is 33.9 Å². The zero-order chi connectivity index (χ0) is 17.1. The van der Waals surface area contributed by atoms with Gasteiger partial charge in [-0.25, -0.2) is 0 Å². The number of carbonyl (C=O) groups is 1. The van der Waals surface area contributed by atoms with Crippen LogP contribution in [-0.4, -0.2) is 25.5 Å². The van der Waals surface area contributed by atoms with E-state index in [1.165, 1.54) is 11.1 Å². The maximum Gasteiger partial charge on any atom is 0.247 e. The first-order valence-electron chi connectivity index (χ1n) is 7.90. The van der Waals surface area contributed by atoms with E-state index < -0.39 is 0 Å². The van der Waals surface area contributed by atoms with Gasteiger partial charge in [0.05, 0.1) is 12.2 Å². The summed E-state index contributed by atoms with van der Waals surface area (Å²) in [5.41, 5.74) is 4.31. The Morgan fingerprint density at radius 1 is 1.12 bits per heavy atom. The third-order valence-corrected chi connectivity index (χ3v) is 3.90. The van der Waals surface area contributed by atoms with E-state index in [2.05, 4.69) is 34.6 Å². The first-order chi connectivity index (χ1) is 11.5. The molecule has 0 saturated heterocycles. The quantitative estimate of drug-likeness (QED) is 0.785. The van der Waals surface area contributed by atoms with Crippen molar-refractivity contribution in [3.63, 3.8) is 0 Å². The van der Waals surface area contributed by atoms with Crippen molar-refractivity contribution in [2.24, 2.45) is 0 Å². The van der Waals surface area contributed by atoms with Crippen molar-refractivity contribution >= 4 is 11.7 Å². The van der Waals surface area contributed by atoms with E-state index >= 15 is 0 Å². The van der Waals surface area contributed by atoms with Gasteiger partial charge in [0.25, 0.3) is 0 Å². The third-order valence-electron chi connectivity index (χ3n) is 3.90. The van der Waals surface area contributed by atoms with Crippen LogP contribution in [0.4, 0.5) is 5.82 Å². The molecule has 2 heterocycles. The van der Waals surface area contributed by atoms with Gasteiger partial charge in [-0.3, -0.25) is 14.2 Å². The summed E-state index contributed by atoms with van der Waals surface area (Å²) in [6, 6.07) is 11.9. The van der Waals surface area contributed by atoms with Crippen molar-refractivity contribution in [3.8, 4) is 0 Å². The molecule has 0 aliphatic rings. The van der Waals surface area contributed by atoms with Crippen LogP contribution >= 0.6 is 0 Å². The van der Waals surface area contributed by atoms with Gasteiger partial charge in [-0.05, 0) is 38.0 Å². The van der Waals surface area contributed by atoms with Crippen molar-refractivity contribution in [1.82, 2.24) is 19.6 Å². The molecule has 0 bridgehead atoms. The van der Waals surface area contributed by atoms with Crippen molar-refractivity contribution in [3.05, 3.63) is 65.1 Å². The van der Waals surface area contributed by atoms with E-state index in [4.69, 9.17) is 0 Å². The Balaban J connectivity index is 1.62. The Morgan fingerprint density at radius 3 is 2.62 bits per heavy atom. The highest BCUT2D eigenvalue weighted by Crippen LogP contribution is 2.11. The summed E-state index contributed by atoms with van der Waals surface area (Å²) in [5, 5.41) is 11.5. The second kappa shape index (κ2) is 6.70. The molecule has 0 aliphatic carbocycles. The SMILES string of the molecule is Cc1cc(C)n(CC(=O)Nc2ccn(Cc3ccccc3C)n2)n1. The standard InChI is InChI=1S/C18H21N5O/c1-13-6-4-5-7-16(13)11-22-9-8-17(21-22)19-18(24)12-23-15(3)10-14(2)20-23/h4-10H,11-12H2,1-3H3,(H,19,21,24). The molecule has 124 valence electrons. The molecular weight excluding hydrogens is 302 g/mol. The highest BCUT2D eigenvalue weighted by molar-refractivity contribution is 5.89. The number of aryl methyl sites for hydroxylation is 3. The molecule has 0 radical (unpaired) electrons. The fourth-order valence-electron chi connectivity index (χ4n) is 2.63. The number of carbonyl (C=O) groups excluding carboxylic acids is 1. The Hall–Kier alpha value is -2.89. The van der Waals surface area contributed by atoms with Gasteiger partial charge in [0.15, 0.2) is 5.82 Å². The van der Waals surface area contributed by atoms with E-state index in [0.29, 0.717) is 12.4 Å². The fraction of sp³-hybridized carbons (Fsp3) is 0.278. The van der Waals surface area contributed by atoms with Gasteiger partial charge >= 0.3 is 0 Å². The molecule has 0 aliphatic heterocycles. The number of aromatic nitrogens is 4. The summed E-state index contributed by atoms with van der Waals surface area (Å²) in [7, 11) is 0. The molecule has 6 heteroatoms. The van der Waals surface area contributed by atoms with E-state index in [0.717, 1.165) is 11.4 Å². The molecule has 6 nitrogen and oxygen atoms in total. The minimum atomic E-state index is -0.137. The van der Waals surface area contributed by atoms with Gasteiger partial charge in [-0.15, -0.1) is 0 Å². The molecule has 1 N–H and O–H groups in total. The molecule has 0 saturated carbocycles. The summed E-state index contributed by atoms with van der Waals surface area (Å²) in [4.78, 5) is 12.1. The van der Waals surface area contributed by atoms with Gasteiger partial charge in [0.2, 0.25) is 5.91 Å². The second-order valence-corrected chi connectivity index (χ2v) is 5.96. The lowest BCUT2D eigenvalue weighted by atomic mass is 10.1. The number of nitrogens with zero attached hydrogens (tertiary/aromatic N) is 4. The molecule has 3 aromatic rings. The molecule has 0 unspecified atom stereocenters. The van der Waals surface area contributed by atoms with E-state index in [1.54, 1.807) is 10.7 Å². The van der Waals surface area contributed by atoms with Gasteiger partial charge in [0, 0.05) is 18.0 Å². The highest BCUT2D eigenvalue weighted by atomic mass is 16.2. The van der Waals surface area contributed by atoms with Crippen LogP contribution in [0.1, 0.15) is 22.5 Å². The summed E-state index contributed by atoms with van der Waals surface area (Å²) in [5.74, 6) is 0.414. The largest absolute Gasteiger partial charge is 0.308 e. The predicted octanol–water partition coefficient (Wildman–Crippen LogP) is 2.69. The van der Waals surface area contributed by atoms with Gasteiger partial charge < -0.3 is 5.32 Å². The number of amides is 1. The number of nitrogens with one attached hydrogen (secondary N) is 1. The van der Waals surface area contributed by atoms with Gasteiger partial charge in [-0.1, -0.05) is 24.3 Å². The Kier molecular flexibility index (Phi) is 4.46. The van der Waals surface area contributed by atoms with Crippen molar-refractivity contribution in [1.29, 1.82) is 0 Å². The van der Waals surface area contributed by atoms with Crippen LogP contribution in [0.5, 0.6) is 0 Å². The normalized spacial score (nSPS) is 10.8. The smallest absolute Gasteiger partial charge is 0.247 e. The maximum absolute atomic E-state index is 12.1. The average Bonchev–Trinajstić information content (AvgIpc) is 3.08. The van der Waals surface area contributed by atoms with Gasteiger partial charge in [-0.2, -0.15) is 10.2 Å². The third kappa shape index (κ3) is 3.71. The van der Waals surface area contributed by atoms with Crippen LogP contribution in [0.25, 0.3) is 0 Å². The summed E-state index contributed by atoms with van der Waals surface area (Å²) >= 11 is 0. The first kappa shape index (κ1) is 16.0. The minimum absolute atomic E-state index is 0.137. The lowest BCUT2D eigenvalue weighted by Crippen LogP contribution is -2.20. The molecule has 0 fully saturated rings. The fourth-order valence-corrected chi connectivity index (χ4v) is 2.63. The number of benzene rings is 1. The molecule has 0 spiro atoms. The molecular formula is C18H21N5O.